The average Bonchev–Trinajstić information content (AvgIpc) is 2.44. The van der Waals surface area contributed by atoms with Crippen molar-refractivity contribution in [1.29, 1.82) is 0 Å². The lowest BCUT2D eigenvalue weighted by atomic mass is 10.1. The van der Waals surface area contributed by atoms with Gasteiger partial charge in [-0.25, -0.2) is 4.79 Å². The minimum Gasteiger partial charge on any atom is -0.480 e. The van der Waals surface area contributed by atoms with Crippen LogP contribution in [0.25, 0.3) is 0 Å². The molecule has 122 valence electrons. The van der Waals surface area contributed by atoms with Crippen LogP contribution in [0.2, 0.25) is 0 Å². The maximum atomic E-state index is 12.1. The van der Waals surface area contributed by atoms with Gasteiger partial charge in [0.05, 0.1) is 12.1 Å². The van der Waals surface area contributed by atoms with Crippen molar-refractivity contribution in [2.75, 3.05) is 26.2 Å². The molecule has 0 saturated carbocycles. The van der Waals surface area contributed by atoms with E-state index >= 15 is 0 Å². The molecule has 0 aliphatic carbocycles. The molecule has 1 aliphatic rings. The number of carbonyl (C=O) groups is 2. The third kappa shape index (κ3) is 6.91. The van der Waals surface area contributed by atoms with Crippen molar-refractivity contribution in [3.8, 4) is 0 Å². The summed E-state index contributed by atoms with van der Waals surface area (Å²) >= 11 is 0. The summed E-state index contributed by atoms with van der Waals surface area (Å²) < 4.78 is 5.30. The highest BCUT2D eigenvalue weighted by Crippen LogP contribution is 2.16. The number of piperidine rings is 1. The zero-order valence-corrected chi connectivity index (χ0v) is 13.3. The number of aliphatic carboxylic acids is 1. The van der Waals surface area contributed by atoms with Gasteiger partial charge in [0, 0.05) is 19.6 Å². The molecule has 0 radical (unpaired) electrons. The normalized spacial score (nSPS) is 18.7. The number of carbonyl (C=O) groups excluding carboxylic acids is 1. The predicted octanol–water partition coefficient (Wildman–Crippen LogP) is 1.10. The first-order chi connectivity index (χ1) is 9.90. The number of nitrogens with one attached hydrogen (secondary N) is 1. The lowest BCUT2D eigenvalue weighted by Gasteiger charge is -2.35. The fourth-order valence-corrected chi connectivity index (χ4v) is 2.42. The third-order valence-electron chi connectivity index (χ3n) is 3.87. The lowest BCUT2D eigenvalue weighted by Crippen LogP contribution is -2.49. The molecule has 0 spiro atoms. The van der Waals surface area contributed by atoms with Gasteiger partial charge in [-0.05, 0) is 32.1 Å². The Hall–Kier alpha value is -1.14. The fourth-order valence-electron chi connectivity index (χ4n) is 2.42. The van der Waals surface area contributed by atoms with Gasteiger partial charge in [0.25, 0.3) is 0 Å². The molecule has 2 N–H and O–H groups in total. The van der Waals surface area contributed by atoms with Crippen LogP contribution in [0.4, 0.5) is 0 Å². The van der Waals surface area contributed by atoms with Crippen LogP contribution in [0.1, 0.15) is 40.0 Å². The van der Waals surface area contributed by atoms with E-state index in [0.29, 0.717) is 5.92 Å². The van der Waals surface area contributed by atoms with Crippen molar-refractivity contribution in [2.24, 2.45) is 5.92 Å². The number of carboxylic acid groups (broad SMARTS) is 1. The fraction of sp³-hybridized carbons (Fsp3) is 0.867. The highest BCUT2D eigenvalue weighted by Gasteiger charge is 2.27. The van der Waals surface area contributed by atoms with Gasteiger partial charge in [-0.2, -0.15) is 0 Å². The summed E-state index contributed by atoms with van der Waals surface area (Å²) in [5.74, 6) is -0.279. The molecule has 0 aromatic rings. The molecule has 1 atom stereocenters. The van der Waals surface area contributed by atoms with Crippen LogP contribution in [0.3, 0.4) is 0 Å². The second-order valence-electron chi connectivity index (χ2n) is 6.09. The molecule has 0 aromatic carbocycles. The minimum atomic E-state index is -0.935. The molecule has 21 heavy (non-hydrogen) atoms. The monoisotopic (exact) mass is 300 g/mol. The van der Waals surface area contributed by atoms with Gasteiger partial charge in [-0.3, -0.25) is 9.69 Å². The Morgan fingerprint density at radius 1 is 1.29 bits per heavy atom. The van der Waals surface area contributed by atoms with E-state index in [4.69, 9.17) is 9.84 Å². The van der Waals surface area contributed by atoms with Gasteiger partial charge >= 0.3 is 5.97 Å². The zero-order chi connectivity index (χ0) is 15.8. The van der Waals surface area contributed by atoms with Crippen LogP contribution in [0.15, 0.2) is 0 Å². The molecule has 1 aliphatic heterocycles. The number of hydrogen-bond acceptors (Lipinski definition) is 4. The van der Waals surface area contributed by atoms with Crippen molar-refractivity contribution in [2.45, 2.75) is 52.2 Å². The van der Waals surface area contributed by atoms with Crippen LogP contribution in [-0.4, -0.2) is 60.3 Å². The van der Waals surface area contributed by atoms with Crippen LogP contribution in [0.5, 0.6) is 0 Å². The highest BCUT2D eigenvalue weighted by molar-refractivity contribution is 5.81. The first kappa shape index (κ1) is 17.9. The number of nitrogens with zero attached hydrogens (tertiary/aromatic N) is 1. The van der Waals surface area contributed by atoms with Crippen molar-refractivity contribution in [3.63, 3.8) is 0 Å². The summed E-state index contributed by atoms with van der Waals surface area (Å²) in [5.41, 5.74) is 0. The Kier molecular flexibility index (Phi) is 7.67. The van der Waals surface area contributed by atoms with Crippen LogP contribution < -0.4 is 5.32 Å². The molecule has 6 heteroatoms. The molecule has 1 amide bonds. The Balaban J connectivity index is 2.25. The molecule has 0 aromatic heterocycles. The molecular formula is C15H28N2O4. The molecule has 0 bridgehead atoms. The Morgan fingerprint density at radius 3 is 2.43 bits per heavy atom. The maximum Gasteiger partial charge on any atom is 0.329 e. The van der Waals surface area contributed by atoms with Gasteiger partial charge < -0.3 is 15.2 Å². The summed E-state index contributed by atoms with van der Waals surface area (Å²) in [5, 5.41) is 11.6. The smallest absolute Gasteiger partial charge is 0.329 e. The quantitative estimate of drug-likeness (QED) is 0.702. The number of rotatable bonds is 8. The highest BCUT2D eigenvalue weighted by atomic mass is 16.5. The van der Waals surface area contributed by atoms with Crippen LogP contribution in [0, 0.1) is 5.92 Å². The molecule has 1 unspecified atom stereocenters. The van der Waals surface area contributed by atoms with E-state index in [1.54, 1.807) is 0 Å². The van der Waals surface area contributed by atoms with Crippen molar-refractivity contribution in [1.82, 2.24) is 10.2 Å². The van der Waals surface area contributed by atoms with E-state index in [1.807, 2.05) is 6.92 Å². The first-order valence-corrected chi connectivity index (χ1v) is 7.75. The standard InChI is InChI=1S/C15H28N2O4/c1-11(2)4-7-16-15(20)12(3)17-8-5-13(6-9-17)21-10-14(18)19/h11-13H,4-10H2,1-3H3,(H,16,20)(H,18,19). The molecule has 1 fully saturated rings. The van der Waals surface area contributed by atoms with Crippen molar-refractivity contribution < 1.29 is 19.4 Å². The number of amides is 1. The third-order valence-corrected chi connectivity index (χ3v) is 3.87. The molecule has 1 rings (SSSR count). The van der Waals surface area contributed by atoms with Gasteiger partial charge in [0.15, 0.2) is 0 Å². The molecule has 1 heterocycles. The maximum absolute atomic E-state index is 12.1. The van der Waals surface area contributed by atoms with E-state index < -0.39 is 5.97 Å². The molecule has 1 saturated heterocycles. The van der Waals surface area contributed by atoms with E-state index in [-0.39, 0.29) is 24.7 Å². The molecule has 6 nitrogen and oxygen atoms in total. The second-order valence-corrected chi connectivity index (χ2v) is 6.09. The summed E-state index contributed by atoms with van der Waals surface area (Å²) in [6.07, 6.45) is 2.53. The van der Waals surface area contributed by atoms with Crippen LogP contribution in [-0.2, 0) is 14.3 Å². The van der Waals surface area contributed by atoms with E-state index in [9.17, 15) is 9.59 Å². The summed E-state index contributed by atoms with van der Waals surface area (Å²) in [6, 6.07) is -0.141. The number of hydrogen-bond donors (Lipinski definition) is 2. The second kappa shape index (κ2) is 9.00. The number of ether oxygens (including phenoxy) is 1. The number of likely N-dealkylation sites (tertiary alicyclic amines) is 1. The van der Waals surface area contributed by atoms with Gasteiger partial charge in [0.2, 0.25) is 5.91 Å². The van der Waals surface area contributed by atoms with E-state index in [0.717, 1.165) is 38.9 Å². The lowest BCUT2D eigenvalue weighted by molar-refractivity contribution is -0.145. The molecular weight excluding hydrogens is 272 g/mol. The number of carboxylic acids is 1. The van der Waals surface area contributed by atoms with Crippen molar-refractivity contribution in [3.05, 3.63) is 0 Å². The Morgan fingerprint density at radius 2 is 1.90 bits per heavy atom. The Bertz CT molecular complexity index is 339. The zero-order valence-electron chi connectivity index (χ0n) is 13.3. The van der Waals surface area contributed by atoms with Crippen LogP contribution >= 0.6 is 0 Å². The largest absolute Gasteiger partial charge is 0.480 e. The topological polar surface area (TPSA) is 78.9 Å². The SMILES string of the molecule is CC(C)CCNC(=O)C(C)N1CCC(OCC(=O)O)CC1. The minimum absolute atomic E-state index is 0.00597. The summed E-state index contributed by atoms with van der Waals surface area (Å²) in [7, 11) is 0. The predicted molar refractivity (Wildman–Crippen MR) is 80.1 cm³/mol. The van der Waals surface area contributed by atoms with E-state index in [1.165, 1.54) is 0 Å². The average molecular weight is 300 g/mol. The van der Waals surface area contributed by atoms with Crippen molar-refractivity contribution >= 4 is 11.9 Å². The summed E-state index contributed by atoms with van der Waals surface area (Å²) in [4.78, 5) is 24.7. The van der Waals surface area contributed by atoms with Gasteiger partial charge in [-0.1, -0.05) is 13.8 Å². The summed E-state index contributed by atoms with van der Waals surface area (Å²) in [6.45, 7) is 8.21. The van der Waals surface area contributed by atoms with Gasteiger partial charge in [-0.15, -0.1) is 0 Å². The first-order valence-electron chi connectivity index (χ1n) is 7.75. The van der Waals surface area contributed by atoms with Gasteiger partial charge in [0.1, 0.15) is 6.61 Å². The Labute approximate surface area is 126 Å². The van der Waals surface area contributed by atoms with E-state index in [2.05, 4.69) is 24.1 Å².